The number of rotatable bonds is 4. The van der Waals surface area contributed by atoms with Crippen molar-refractivity contribution in [2.45, 2.75) is 50.3 Å². The van der Waals surface area contributed by atoms with Crippen LogP contribution >= 0.6 is 11.8 Å². The zero-order valence-electron chi connectivity index (χ0n) is 13.2. The summed E-state index contributed by atoms with van der Waals surface area (Å²) in [6.45, 7) is 1.94. The highest BCUT2D eigenvalue weighted by Crippen LogP contribution is 2.27. The van der Waals surface area contributed by atoms with Crippen LogP contribution in [0.25, 0.3) is 0 Å². The summed E-state index contributed by atoms with van der Waals surface area (Å²) in [6.07, 6.45) is 4.77. The van der Waals surface area contributed by atoms with Gasteiger partial charge in [0.2, 0.25) is 11.8 Å². The Morgan fingerprint density at radius 1 is 1.35 bits per heavy atom. The fourth-order valence-corrected chi connectivity index (χ4v) is 3.92. The number of aryl methyl sites for hydroxylation is 1. The SMILES string of the molecule is Cc1ccccc1NC(=O)C[C@H]1SC(=NC2CCCC2)NC1=O. The molecule has 5 nitrogen and oxygen atoms in total. The molecule has 0 bridgehead atoms. The second-order valence-electron chi connectivity index (χ2n) is 6.04. The van der Waals surface area contributed by atoms with E-state index in [-0.39, 0.29) is 23.5 Å². The van der Waals surface area contributed by atoms with Crippen LogP contribution in [0, 0.1) is 6.92 Å². The lowest BCUT2D eigenvalue weighted by atomic mass is 10.2. The minimum Gasteiger partial charge on any atom is -0.326 e. The molecule has 1 aliphatic carbocycles. The van der Waals surface area contributed by atoms with Crippen molar-refractivity contribution in [2.24, 2.45) is 4.99 Å². The van der Waals surface area contributed by atoms with Crippen molar-refractivity contribution in [1.29, 1.82) is 0 Å². The number of hydrogen-bond acceptors (Lipinski definition) is 4. The second-order valence-corrected chi connectivity index (χ2v) is 7.23. The maximum absolute atomic E-state index is 12.2. The summed E-state index contributed by atoms with van der Waals surface area (Å²) in [5.74, 6) is -0.263. The van der Waals surface area contributed by atoms with Gasteiger partial charge in [0.1, 0.15) is 5.25 Å². The Hall–Kier alpha value is -1.82. The van der Waals surface area contributed by atoms with Gasteiger partial charge in [0.05, 0.1) is 6.04 Å². The number of amides is 2. The first kappa shape index (κ1) is 16.1. The molecular formula is C17H21N3O2S. The highest BCUT2D eigenvalue weighted by Gasteiger charge is 2.32. The molecule has 1 aliphatic heterocycles. The molecule has 0 aromatic heterocycles. The molecule has 23 heavy (non-hydrogen) atoms. The minimum atomic E-state index is -0.390. The molecule has 2 fully saturated rings. The Kier molecular flexibility index (Phi) is 5.00. The number of aliphatic imine (C=N–C) groups is 1. The monoisotopic (exact) mass is 331 g/mol. The van der Waals surface area contributed by atoms with E-state index in [1.54, 1.807) is 0 Å². The number of amidine groups is 1. The predicted octanol–water partition coefficient (Wildman–Crippen LogP) is 2.85. The van der Waals surface area contributed by atoms with Crippen molar-refractivity contribution >= 4 is 34.4 Å². The summed E-state index contributed by atoms with van der Waals surface area (Å²) >= 11 is 1.38. The third-order valence-corrected chi connectivity index (χ3v) is 5.29. The molecule has 1 heterocycles. The van der Waals surface area contributed by atoms with Crippen LogP contribution in [-0.4, -0.2) is 28.3 Å². The Labute approximate surface area is 140 Å². The third kappa shape index (κ3) is 4.13. The minimum absolute atomic E-state index is 0.119. The molecule has 1 aromatic rings. The lowest BCUT2D eigenvalue weighted by Crippen LogP contribution is -2.28. The largest absolute Gasteiger partial charge is 0.326 e. The maximum Gasteiger partial charge on any atom is 0.240 e. The summed E-state index contributed by atoms with van der Waals surface area (Å²) in [7, 11) is 0. The summed E-state index contributed by atoms with van der Waals surface area (Å²) in [6, 6.07) is 7.95. The first-order valence-corrected chi connectivity index (χ1v) is 8.90. The van der Waals surface area contributed by atoms with Gasteiger partial charge in [-0.15, -0.1) is 0 Å². The summed E-state index contributed by atoms with van der Waals surface area (Å²) in [4.78, 5) is 28.8. The van der Waals surface area contributed by atoms with Crippen LogP contribution in [0.2, 0.25) is 0 Å². The van der Waals surface area contributed by atoms with Crippen molar-refractivity contribution in [3.05, 3.63) is 29.8 Å². The van der Waals surface area contributed by atoms with Crippen LogP contribution in [0.3, 0.4) is 0 Å². The van der Waals surface area contributed by atoms with Crippen LogP contribution in [0.4, 0.5) is 5.69 Å². The summed E-state index contributed by atoms with van der Waals surface area (Å²) in [5.41, 5.74) is 1.80. The fraction of sp³-hybridized carbons (Fsp3) is 0.471. The normalized spacial score (nSPS) is 23.3. The lowest BCUT2D eigenvalue weighted by Gasteiger charge is -2.09. The average molecular weight is 331 g/mol. The van der Waals surface area contributed by atoms with Crippen molar-refractivity contribution in [3.63, 3.8) is 0 Å². The number of para-hydroxylation sites is 1. The van der Waals surface area contributed by atoms with Crippen LogP contribution < -0.4 is 10.6 Å². The number of nitrogens with zero attached hydrogens (tertiary/aromatic N) is 1. The van der Waals surface area contributed by atoms with Crippen LogP contribution in [0.1, 0.15) is 37.7 Å². The highest BCUT2D eigenvalue weighted by molar-refractivity contribution is 8.15. The molecule has 0 unspecified atom stereocenters. The van der Waals surface area contributed by atoms with E-state index < -0.39 is 0 Å². The van der Waals surface area contributed by atoms with Gasteiger partial charge in [-0.3, -0.25) is 14.6 Å². The van der Waals surface area contributed by atoms with Gasteiger partial charge in [0, 0.05) is 12.1 Å². The number of carbonyl (C=O) groups excluding carboxylic acids is 2. The first-order chi connectivity index (χ1) is 11.1. The molecule has 3 rings (SSSR count). The molecule has 1 saturated heterocycles. The molecular weight excluding hydrogens is 310 g/mol. The van der Waals surface area contributed by atoms with Gasteiger partial charge in [-0.25, -0.2) is 0 Å². The maximum atomic E-state index is 12.2. The second kappa shape index (κ2) is 7.17. The van der Waals surface area contributed by atoms with Gasteiger partial charge in [-0.1, -0.05) is 42.8 Å². The zero-order chi connectivity index (χ0) is 16.2. The number of anilines is 1. The molecule has 2 N–H and O–H groups in total. The van der Waals surface area contributed by atoms with E-state index in [4.69, 9.17) is 0 Å². The molecule has 1 aromatic carbocycles. The third-order valence-electron chi connectivity index (χ3n) is 4.19. The standard InChI is InChI=1S/C17H21N3O2S/c1-11-6-2-5-9-13(11)19-15(21)10-14-16(22)20-17(23-14)18-12-7-3-4-8-12/h2,5-6,9,12,14H,3-4,7-8,10H2,1H3,(H,19,21)(H,18,20,22)/t14-/m1/s1. The molecule has 0 spiro atoms. The Morgan fingerprint density at radius 2 is 2.09 bits per heavy atom. The Bertz CT molecular complexity index is 638. The number of carbonyl (C=O) groups is 2. The molecule has 2 aliphatic rings. The molecule has 6 heteroatoms. The van der Waals surface area contributed by atoms with Crippen LogP contribution in [0.15, 0.2) is 29.3 Å². The first-order valence-electron chi connectivity index (χ1n) is 8.02. The quantitative estimate of drug-likeness (QED) is 0.891. The van der Waals surface area contributed by atoms with Gasteiger partial charge in [-0.05, 0) is 31.4 Å². The van der Waals surface area contributed by atoms with Crippen molar-refractivity contribution < 1.29 is 9.59 Å². The van der Waals surface area contributed by atoms with E-state index in [9.17, 15) is 9.59 Å². The summed E-state index contributed by atoms with van der Waals surface area (Å²) in [5, 5.41) is 5.97. The van der Waals surface area contributed by atoms with Crippen LogP contribution in [0.5, 0.6) is 0 Å². The molecule has 0 radical (unpaired) electrons. The fourth-order valence-electron chi connectivity index (χ4n) is 2.88. The van der Waals surface area contributed by atoms with Crippen LogP contribution in [-0.2, 0) is 9.59 Å². The smallest absolute Gasteiger partial charge is 0.240 e. The van der Waals surface area contributed by atoms with Crippen molar-refractivity contribution in [3.8, 4) is 0 Å². The predicted molar refractivity (Wildman–Crippen MR) is 93.6 cm³/mol. The van der Waals surface area contributed by atoms with Crippen molar-refractivity contribution in [2.75, 3.05) is 5.32 Å². The van der Waals surface area contributed by atoms with Crippen molar-refractivity contribution in [1.82, 2.24) is 5.32 Å². The van der Waals surface area contributed by atoms with Gasteiger partial charge in [0.15, 0.2) is 5.17 Å². The molecule has 1 atom stereocenters. The number of hydrogen-bond donors (Lipinski definition) is 2. The van der Waals surface area contributed by atoms with E-state index in [1.165, 1.54) is 24.6 Å². The average Bonchev–Trinajstić information content (AvgIpc) is 3.12. The van der Waals surface area contributed by atoms with E-state index >= 15 is 0 Å². The lowest BCUT2D eigenvalue weighted by molar-refractivity contribution is -0.122. The zero-order valence-corrected chi connectivity index (χ0v) is 14.0. The molecule has 1 saturated carbocycles. The Morgan fingerprint density at radius 3 is 2.83 bits per heavy atom. The van der Waals surface area contributed by atoms with E-state index in [0.717, 1.165) is 24.1 Å². The van der Waals surface area contributed by atoms with Gasteiger partial charge < -0.3 is 10.6 Å². The number of benzene rings is 1. The van der Waals surface area contributed by atoms with Gasteiger partial charge in [-0.2, -0.15) is 0 Å². The molecule has 122 valence electrons. The van der Waals surface area contributed by atoms with Gasteiger partial charge in [0.25, 0.3) is 0 Å². The number of thioether (sulfide) groups is 1. The van der Waals surface area contributed by atoms with E-state index in [2.05, 4.69) is 15.6 Å². The molecule has 2 amide bonds. The number of nitrogens with one attached hydrogen (secondary N) is 2. The van der Waals surface area contributed by atoms with E-state index in [0.29, 0.717) is 11.2 Å². The van der Waals surface area contributed by atoms with E-state index in [1.807, 2.05) is 31.2 Å². The summed E-state index contributed by atoms with van der Waals surface area (Å²) < 4.78 is 0. The Balaban J connectivity index is 1.56. The topological polar surface area (TPSA) is 70.6 Å². The van der Waals surface area contributed by atoms with Gasteiger partial charge >= 0.3 is 0 Å². The highest BCUT2D eigenvalue weighted by atomic mass is 32.2.